The van der Waals surface area contributed by atoms with Gasteiger partial charge in [-0.05, 0) is 24.1 Å². The fourth-order valence-corrected chi connectivity index (χ4v) is 2.10. The maximum Gasteiger partial charge on any atom is 0.193 e. The van der Waals surface area contributed by atoms with Gasteiger partial charge in [-0.3, -0.25) is 4.99 Å². The molecule has 0 bridgehead atoms. The molecule has 0 aliphatic carbocycles. The van der Waals surface area contributed by atoms with Crippen molar-refractivity contribution in [1.29, 1.82) is 0 Å². The summed E-state index contributed by atoms with van der Waals surface area (Å²) >= 11 is 5.99. The number of nitrogens with zero attached hydrogens (tertiary/aromatic N) is 2. The van der Waals surface area contributed by atoms with Gasteiger partial charge < -0.3 is 15.0 Å². The molecule has 0 unspecified atom stereocenters. The smallest absolute Gasteiger partial charge is 0.193 e. The molecule has 0 saturated heterocycles. The van der Waals surface area contributed by atoms with Gasteiger partial charge in [-0.1, -0.05) is 17.7 Å². The summed E-state index contributed by atoms with van der Waals surface area (Å²) in [6.07, 6.45) is 0.917. The first-order valence-electron chi connectivity index (χ1n) is 6.02. The zero-order valence-electron chi connectivity index (χ0n) is 10.7. The molecular formula is C13H18ClN3O. The number of halogens is 1. The molecule has 1 aromatic carbocycles. The first-order valence-corrected chi connectivity index (χ1v) is 6.40. The molecule has 1 aliphatic heterocycles. The maximum atomic E-state index is 5.99. The van der Waals surface area contributed by atoms with Crippen LogP contribution in [0.15, 0.2) is 23.2 Å². The van der Waals surface area contributed by atoms with Crippen molar-refractivity contribution in [3.05, 3.63) is 28.8 Å². The van der Waals surface area contributed by atoms with Crippen LogP contribution in [0.5, 0.6) is 5.75 Å². The average Bonchev–Trinajstić information content (AvgIpc) is 2.77. The SMILES string of the molecule is COc1cc(CCNC2=NCCN2C)ccc1Cl. The van der Waals surface area contributed by atoms with Gasteiger partial charge in [0.2, 0.25) is 0 Å². The van der Waals surface area contributed by atoms with Crippen molar-refractivity contribution in [2.45, 2.75) is 6.42 Å². The highest BCUT2D eigenvalue weighted by molar-refractivity contribution is 6.32. The fraction of sp³-hybridized carbons (Fsp3) is 0.462. The zero-order chi connectivity index (χ0) is 13.0. The summed E-state index contributed by atoms with van der Waals surface area (Å²) in [7, 11) is 3.68. The third kappa shape index (κ3) is 3.07. The molecule has 0 radical (unpaired) electrons. The lowest BCUT2D eigenvalue weighted by atomic mass is 10.1. The molecule has 4 nitrogen and oxygen atoms in total. The Morgan fingerprint density at radius 2 is 2.33 bits per heavy atom. The van der Waals surface area contributed by atoms with E-state index in [0.717, 1.165) is 37.8 Å². The maximum absolute atomic E-state index is 5.99. The van der Waals surface area contributed by atoms with Crippen LogP contribution in [0.25, 0.3) is 0 Å². The zero-order valence-corrected chi connectivity index (χ0v) is 11.5. The van der Waals surface area contributed by atoms with Crippen molar-refractivity contribution in [2.24, 2.45) is 4.99 Å². The molecule has 0 saturated carbocycles. The average molecular weight is 268 g/mol. The van der Waals surface area contributed by atoms with Crippen LogP contribution >= 0.6 is 11.6 Å². The Morgan fingerprint density at radius 3 is 3.00 bits per heavy atom. The van der Waals surface area contributed by atoms with E-state index in [2.05, 4.69) is 15.2 Å². The Bertz CT molecular complexity index is 448. The Morgan fingerprint density at radius 1 is 1.50 bits per heavy atom. The third-order valence-corrected chi connectivity index (χ3v) is 3.28. The van der Waals surface area contributed by atoms with E-state index in [1.165, 1.54) is 5.56 Å². The first-order chi connectivity index (χ1) is 8.70. The van der Waals surface area contributed by atoms with Gasteiger partial charge in [0.25, 0.3) is 0 Å². The molecule has 0 amide bonds. The van der Waals surface area contributed by atoms with Gasteiger partial charge in [-0.25, -0.2) is 0 Å². The molecule has 18 heavy (non-hydrogen) atoms. The summed E-state index contributed by atoms with van der Waals surface area (Å²) in [5.74, 6) is 1.71. The minimum absolute atomic E-state index is 0.647. The van der Waals surface area contributed by atoms with Crippen molar-refractivity contribution >= 4 is 17.6 Å². The van der Waals surface area contributed by atoms with Gasteiger partial charge in [-0.2, -0.15) is 0 Å². The van der Waals surface area contributed by atoms with Gasteiger partial charge >= 0.3 is 0 Å². The van der Waals surface area contributed by atoms with E-state index >= 15 is 0 Å². The van der Waals surface area contributed by atoms with Crippen molar-refractivity contribution in [3.8, 4) is 5.75 Å². The molecule has 0 spiro atoms. The minimum Gasteiger partial charge on any atom is -0.495 e. The topological polar surface area (TPSA) is 36.9 Å². The summed E-state index contributed by atoms with van der Waals surface area (Å²) in [6.45, 7) is 2.73. The number of hydrogen-bond acceptors (Lipinski definition) is 4. The second kappa shape index (κ2) is 5.96. The lowest BCUT2D eigenvalue weighted by molar-refractivity contribution is 0.414. The largest absolute Gasteiger partial charge is 0.495 e. The summed E-state index contributed by atoms with van der Waals surface area (Å²) in [5, 5.41) is 3.98. The van der Waals surface area contributed by atoms with E-state index < -0.39 is 0 Å². The highest BCUT2D eigenvalue weighted by Crippen LogP contribution is 2.24. The van der Waals surface area contributed by atoms with Crippen LogP contribution in [0.1, 0.15) is 5.56 Å². The van der Waals surface area contributed by atoms with Crippen LogP contribution in [-0.4, -0.2) is 44.7 Å². The molecule has 1 aromatic rings. The number of aliphatic imine (C=N–C) groups is 1. The number of ether oxygens (including phenoxy) is 1. The number of rotatable bonds is 4. The predicted molar refractivity (Wildman–Crippen MR) is 74.6 cm³/mol. The normalized spacial score (nSPS) is 14.6. The van der Waals surface area contributed by atoms with Gasteiger partial charge in [0.1, 0.15) is 5.75 Å². The van der Waals surface area contributed by atoms with Gasteiger partial charge in [0, 0.05) is 20.1 Å². The summed E-state index contributed by atoms with van der Waals surface area (Å²) < 4.78 is 5.20. The summed E-state index contributed by atoms with van der Waals surface area (Å²) in [5.41, 5.74) is 1.20. The molecule has 0 fully saturated rings. The molecule has 0 aromatic heterocycles. The van der Waals surface area contributed by atoms with Crippen molar-refractivity contribution in [2.75, 3.05) is 33.8 Å². The Labute approximate surface area is 113 Å². The molecule has 1 N–H and O–H groups in total. The van der Waals surface area contributed by atoms with Gasteiger partial charge in [-0.15, -0.1) is 0 Å². The number of hydrogen-bond donors (Lipinski definition) is 1. The van der Waals surface area contributed by atoms with Crippen LogP contribution in [0, 0.1) is 0 Å². The summed E-state index contributed by atoms with van der Waals surface area (Å²) in [6, 6.07) is 5.87. The molecule has 5 heteroatoms. The van der Waals surface area contributed by atoms with E-state index in [4.69, 9.17) is 16.3 Å². The van der Waals surface area contributed by atoms with E-state index in [1.54, 1.807) is 7.11 Å². The monoisotopic (exact) mass is 267 g/mol. The van der Waals surface area contributed by atoms with E-state index in [9.17, 15) is 0 Å². The lowest BCUT2D eigenvalue weighted by Gasteiger charge is -2.15. The quantitative estimate of drug-likeness (QED) is 0.904. The second-order valence-corrected chi connectivity index (χ2v) is 4.68. The van der Waals surface area contributed by atoms with Crippen molar-refractivity contribution < 1.29 is 4.74 Å². The van der Waals surface area contributed by atoms with Crippen LogP contribution in [0.4, 0.5) is 0 Å². The fourth-order valence-electron chi connectivity index (χ4n) is 1.90. The van der Waals surface area contributed by atoms with Crippen LogP contribution in [0.2, 0.25) is 5.02 Å². The van der Waals surface area contributed by atoms with E-state index in [-0.39, 0.29) is 0 Å². The van der Waals surface area contributed by atoms with Crippen LogP contribution in [-0.2, 0) is 6.42 Å². The molecule has 2 rings (SSSR count). The van der Waals surface area contributed by atoms with E-state index in [0.29, 0.717) is 5.02 Å². The Balaban J connectivity index is 1.86. The van der Waals surface area contributed by atoms with Crippen molar-refractivity contribution in [3.63, 3.8) is 0 Å². The second-order valence-electron chi connectivity index (χ2n) is 4.27. The molecule has 1 aliphatic rings. The number of guanidine groups is 1. The van der Waals surface area contributed by atoms with Crippen LogP contribution in [0.3, 0.4) is 0 Å². The summed E-state index contributed by atoms with van der Waals surface area (Å²) in [4.78, 5) is 6.51. The number of nitrogens with one attached hydrogen (secondary N) is 1. The highest BCUT2D eigenvalue weighted by atomic mass is 35.5. The minimum atomic E-state index is 0.647. The van der Waals surface area contributed by atoms with E-state index in [1.807, 2.05) is 25.2 Å². The number of methoxy groups -OCH3 is 1. The van der Waals surface area contributed by atoms with Crippen LogP contribution < -0.4 is 10.1 Å². The van der Waals surface area contributed by atoms with Gasteiger partial charge in [0.15, 0.2) is 5.96 Å². The predicted octanol–water partition coefficient (Wildman–Crippen LogP) is 1.78. The molecule has 1 heterocycles. The first kappa shape index (κ1) is 13.0. The van der Waals surface area contributed by atoms with Gasteiger partial charge in [0.05, 0.1) is 18.7 Å². The number of benzene rings is 1. The number of likely N-dealkylation sites (N-methyl/N-ethyl adjacent to an activating group) is 1. The third-order valence-electron chi connectivity index (χ3n) is 2.97. The molecule has 98 valence electrons. The Kier molecular flexibility index (Phi) is 4.31. The Hall–Kier alpha value is -1.42. The van der Waals surface area contributed by atoms with Crippen molar-refractivity contribution in [1.82, 2.24) is 10.2 Å². The molecular weight excluding hydrogens is 250 g/mol. The standard InChI is InChI=1S/C13H18ClN3O/c1-17-8-7-16-13(17)15-6-5-10-3-4-11(14)12(9-10)18-2/h3-4,9H,5-8H2,1-2H3,(H,15,16). The lowest BCUT2D eigenvalue weighted by Crippen LogP contribution is -2.36. The molecule has 0 atom stereocenters. The highest BCUT2D eigenvalue weighted by Gasteiger charge is 2.11.